The summed E-state index contributed by atoms with van der Waals surface area (Å²) < 4.78 is 0. The predicted molar refractivity (Wildman–Crippen MR) is 98.0 cm³/mol. The van der Waals surface area contributed by atoms with Crippen molar-refractivity contribution in [3.63, 3.8) is 0 Å². The molecule has 5 nitrogen and oxygen atoms in total. The number of amides is 1. The van der Waals surface area contributed by atoms with Crippen molar-refractivity contribution in [2.75, 3.05) is 23.7 Å². The Morgan fingerprint density at radius 2 is 1.67 bits per heavy atom. The third-order valence-electron chi connectivity index (χ3n) is 3.92. The molecule has 1 saturated heterocycles. The van der Waals surface area contributed by atoms with Gasteiger partial charge in [-0.25, -0.2) is 0 Å². The van der Waals surface area contributed by atoms with Gasteiger partial charge in [-0.1, -0.05) is 29.8 Å². The van der Waals surface area contributed by atoms with Crippen LogP contribution in [0.25, 0.3) is 0 Å². The summed E-state index contributed by atoms with van der Waals surface area (Å²) in [7, 11) is 0. The summed E-state index contributed by atoms with van der Waals surface area (Å²) in [6.45, 7) is 1.82. The Labute approximate surface area is 146 Å². The van der Waals surface area contributed by atoms with Crippen molar-refractivity contribution in [3.05, 3.63) is 59.1 Å². The first kappa shape index (κ1) is 16.3. The van der Waals surface area contributed by atoms with Gasteiger partial charge in [-0.05, 0) is 43.2 Å². The van der Waals surface area contributed by atoms with Crippen LogP contribution >= 0.6 is 11.6 Å². The predicted octanol–water partition coefficient (Wildman–Crippen LogP) is 4.03. The first-order chi connectivity index (χ1) is 11.6. The fraction of sp³-hybridized carbons (Fsp3) is 0.222. The zero-order valence-electron chi connectivity index (χ0n) is 13.2. The van der Waals surface area contributed by atoms with E-state index in [9.17, 15) is 4.79 Å². The molecule has 0 saturated carbocycles. The Balaban J connectivity index is 1.68. The second kappa shape index (κ2) is 7.36. The maximum absolute atomic E-state index is 12.3. The first-order valence-corrected chi connectivity index (χ1v) is 8.28. The van der Waals surface area contributed by atoms with Crippen LogP contribution in [0, 0.1) is 5.41 Å². The van der Waals surface area contributed by atoms with Gasteiger partial charge in [0.1, 0.15) is 0 Å². The zero-order chi connectivity index (χ0) is 16.9. The van der Waals surface area contributed by atoms with Crippen molar-refractivity contribution < 1.29 is 4.79 Å². The summed E-state index contributed by atoms with van der Waals surface area (Å²) in [6, 6.07) is 14.2. The van der Waals surface area contributed by atoms with Crippen LogP contribution in [-0.4, -0.2) is 29.9 Å². The minimum absolute atomic E-state index is 0.257. The molecule has 124 valence electrons. The SMILES string of the molecule is N=C(Nc1cccc(NC(=O)c2ccccc2Cl)c1)N1CCCC1. The van der Waals surface area contributed by atoms with Gasteiger partial charge in [0.25, 0.3) is 5.91 Å². The molecule has 1 aliphatic rings. The highest BCUT2D eigenvalue weighted by Gasteiger charge is 2.15. The quantitative estimate of drug-likeness (QED) is 0.582. The molecule has 1 heterocycles. The lowest BCUT2D eigenvalue weighted by atomic mass is 10.2. The Hall–Kier alpha value is -2.53. The van der Waals surface area contributed by atoms with Gasteiger partial charge in [0, 0.05) is 24.5 Å². The smallest absolute Gasteiger partial charge is 0.257 e. The molecule has 24 heavy (non-hydrogen) atoms. The van der Waals surface area contributed by atoms with Crippen molar-refractivity contribution in [2.45, 2.75) is 12.8 Å². The number of halogens is 1. The van der Waals surface area contributed by atoms with Crippen molar-refractivity contribution >= 4 is 34.8 Å². The van der Waals surface area contributed by atoms with E-state index < -0.39 is 0 Å². The van der Waals surface area contributed by atoms with Crippen LogP contribution in [0.15, 0.2) is 48.5 Å². The number of likely N-dealkylation sites (tertiary alicyclic amines) is 1. The lowest BCUT2D eigenvalue weighted by Gasteiger charge is -2.19. The van der Waals surface area contributed by atoms with Gasteiger partial charge in [0.05, 0.1) is 10.6 Å². The summed E-state index contributed by atoms with van der Waals surface area (Å²) in [6.07, 6.45) is 2.25. The average molecular weight is 343 g/mol. The number of nitrogens with zero attached hydrogens (tertiary/aromatic N) is 1. The van der Waals surface area contributed by atoms with E-state index in [1.54, 1.807) is 36.4 Å². The average Bonchev–Trinajstić information content (AvgIpc) is 3.10. The second-order valence-electron chi connectivity index (χ2n) is 5.68. The first-order valence-electron chi connectivity index (χ1n) is 7.90. The molecule has 1 fully saturated rings. The van der Waals surface area contributed by atoms with Crippen LogP contribution in [-0.2, 0) is 0 Å². The molecule has 0 radical (unpaired) electrons. The van der Waals surface area contributed by atoms with Crippen LogP contribution in [0.2, 0.25) is 5.02 Å². The molecule has 1 amide bonds. The van der Waals surface area contributed by atoms with Gasteiger partial charge in [-0.3, -0.25) is 10.2 Å². The topological polar surface area (TPSA) is 68.2 Å². The van der Waals surface area contributed by atoms with E-state index in [2.05, 4.69) is 10.6 Å². The number of hydrogen-bond acceptors (Lipinski definition) is 2. The fourth-order valence-electron chi connectivity index (χ4n) is 2.68. The molecular weight excluding hydrogens is 324 g/mol. The Morgan fingerprint density at radius 1 is 1.00 bits per heavy atom. The summed E-state index contributed by atoms with van der Waals surface area (Å²) in [4.78, 5) is 14.3. The molecule has 0 unspecified atom stereocenters. The summed E-state index contributed by atoms with van der Waals surface area (Å²) in [5, 5.41) is 14.4. The van der Waals surface area contributed by atoms with Gasteiger partial charge in [-0.2, -0.15) is 0 Å². The zero-order valence-corrected chi connectivity index (χ0v) is 13.9. The van der Waals surface area contributed by atoms with Gasteiger partial charge in [-0.15, -0.1) is 0 Å². The van der Waals surface area contributed by atoms with E-state index >= 15 is 0 Å². The molecule has 0 aliphatic carbocycles. The van der Waals surface area contributed by atoms with Crippen molar-refractivity contribution in [1.29, 1.82) is 5.41 Å². The largest absolute Gasteiger partial charge is 0.343 e. The molecule has 1 aliphatic heterocycles. The highest BCUT2D eigenvalue weighted by Crippen LogP contribution is 2.20. The number of benzene rings is 2. The Kier molecular flexibility index (Phi) is 5.01. The third kappa shape index (κ3) is 3.86. The summed E-state index contributed by atoms with van der Waals surface area (Å²) in [5.74, 6) is 0.134. The van der Waals surface area contributed by atoms with Crippen molar-refractivity contribution in [2.24, 2.45) is 0 Å². The van der Waals surface area contributed by atoms with Gasteiger partial charge >= 0.3 is 0 Å². The van der Waals surface area contributed by atoms with Crippen LogP contribution in [0.5, 0.6) is 0 Å². The minimum atomic E-state index is -0.257. The fourth-order valence-corrected chi connectivity index (χ4v) is 2.90. The second-order valence-corrected chi connectivity index (χ2v) is 6.09. The number of hydrogen-bond donors (Lipinski definition) is 3. The van der Waals surface area contributed by atoms with Gasteiger partial charge in [0.15, 0.2) is 5.96 Å². The Bertz CT molecular complexity index is 756. The van der Waals surface area contributed by atoms with Crippen LogP contribution < -0.4 is 10.6 Å². The number of nitrogens with one attached hydrogen (secondary N) is 3. The van der Waals surface area contributed by atoms with E-state index in [4.69, 9.17) is 17.0 Å². The lowest BCUT2D eigenvalue weighted by molar-refractivity contribution is 0.102. The summed E-state index contributed by atoms with van der Waals surface area (Å²) in [5.41, 5.74) is 1.85. The molecule has 2 aromatic rings. The van der Waals surface area contributed by atoms with Gasteiger partial charge < -0.3 is 15.5 Å². The van der Waals surface area contributed by atoms with Crippen molar-refractivity contribution in [1.82, 2.24) is 4.90 Å². The van der Waals surface area contributed by atoms with Crippen LogP contribution in [0.3, 0.4) is 0 Å². The van der Waals surface area contributed by atoms with Crippen LogP contribution in [0.1, 0.15) is 23.2 Å². The molecule has 6 heteroatoms. The molecule has 0 bridgehead atoms. The molecular formula is C18H19ClN4O. The number of carbonyl (C=O) groups is 1. The monoisotopic (exact) mass is 342 g/mol. The van der Waals surface area contributed by atoms with E-state index in [-0.39, 0.29) is 5.91 Å². The number of carbonyl (C=O) groups excluding carboxylic acids is 1. The molecule has 3 rings (SSSR count). The van der Waals surface area contributed by atoms with Gasteiger partial charge in [0.2, 0.25) is 0 Å². The minimum Gasteiger partial charge on any atom is -0.343 e. The number of anilines is 2. The Morgan fingerprint density at radius 3 is 2.38 bits per heavy atom. The molecule has 2 aromatic carbocycles. The van der Waals surface area contributed by atoms with E-state index in [0.29, 0.717) is 22.2 Å². The molecule has 0 atom stereocenters. The third-order valence-corrected chi connectivity index (χ3v) is 4.25. The van der Waals surface area contributed by atoms with Crippen molar-refractivity contribution in [3.8, 4) is 0 Å². The van der Waals surface area contributed by atoms with Crippen LogP contribution in [0.4, 0.5) is 11.4 Å². The summed E-state index contributed by atoms with van der Waals surface area (Å²) >= 11 is 6.05. The number of rotatable bonds is 3. The molecule has 0 spiro atoms. The van der Waals surface area contributed by atoms with E-state index in [1.165, 1.54) is 0 Å². The molecule has 0 aromatic heterocycles. The maximum Gasteiger partial charge on any atom is 0.257 e. The number of guanidine groups is 1. The molecule has 3 N–H and O–H groups in total. The maximum atomic E-state index is 12.3. The van der Waals surface area contributed by atoms with E-state index in [0.717, 1.165) is 31.6 Å². The highest BCUT2D eigenvalue weighted by molar-refractivity contribution is 6.34. The standard InChI is InChI=1S/C18H19ClN4O/c19-16-9-2-1-8-15(16)17(24)21-13-6-5-7-14(12-13)22-18(20)23-10-3-4-11-23/h1-2,5-9,12H,3-4,10-11H2,(H2,20,22)(H,21,24). The highest BCUT2D eigenvalue weighted by atomic mass is 35.5. The normalized spacial score (nSPS) is 13.6. The van der Waals surface area contributed by atoms with E-state index in [1.807, 2.05) is 17.0 Å². The lowest BCUT2D eigenvalue weighted by Crippen LogP contribution is -2.32.